The van der Waals surface area contributed by atoms with Gasteiger partial charge in [0.1, 0.15) is 11.3 Å². The van der Waals surface area contributed by atoms with Crippen molar-refractivity contribution < 1.29 is 18.7 Å². The van der Waals surface area contributed by atoms with Crippen molar-refractivity contribution in [3.05, 3.63) is 58.8 Å². The van der Waals surface area contributed by atoms with Crippen molar-refractivity contribution in [2.24, 2.45) is 0 Å². The molecule has 1 atom stereocenters. The third-order valence-corrected chi connectivity index (χ3v) is 4.97. The maximum Gasteiger partial charge on any atom is 0.341 e. The molecule has 0 amide bonds. The van der Waals surface area contributed by atoms with Gasteiger partial charge in [-0.05, 0) is 31.5 Å². The predicted octanol–water partition coefficient (Wildman–Crippen LogP) is 3.60. The second kappa shape index (κ2) is 8.31. The number of ether oxygens (including phenoxy) is 2. The summed E-state index contributed by atoms with van der Waals surface area (Å²) in [6.45, 7) is 3.86. The van der Waals surface area contributed by atoms with Gasteiger partial charge in [0.25, 0.3) is 5.95 Å². The van der Waals surface area contributed by atoms with E-state index < -0.39 is 11.8 Å². The number of nitrogens with zero attached hydrogens (tertiary/aromatic N) is 6. The minimum absolute atomic E-state index is 0.201. The Kier molecular flexibility index (Phi) is 5.55. The lowest BCUT2D eigenvalue weighted by molar-refractivity contribution is 0.0526. The van der Waals surface area contributed by atoms with Crippen LogP contribution < -0.4 is 4.74 Å². The predicted molar refractivity (Wildman–Crippen MR) is 110 cm³/mol. The van der Waals surface area contributed by atoms with Crippen LogP contribution in [0.3, 0.4) is 0 Å². The van der Waals surface area contributed by atoms with Gasteiger partial charge in [-0.15, -0.1) is 0 Å². The number of carbonyl (C=O) groups excluding carboxylic acids is 1. The molecule has 0 aliphatic heterocycles. The Morgan fingerprint density at radius 2 is 2.10 bits per heavy atom. The summed E-state index contributed by atoms with van der Waals surface area (Å²) in [6, 6.07) is 3.92. The molecule has 0 fully saturated rings. The smallest absolute Gasteiger partial charge is 0.341 e. The second-order valence-electron chi connectivity index (χ2n) is 6.61. The van der Waals surface area contributed by atoms with Gasteiger partial charge in [-0.1, -0.05) is 17.7 Å². The molecule has 0 N–H and O–H groups in total. The third kappa shape index (κ3) is 3.93. The van der Waals surface area contributed by atoms with Crippen LogP contribution in [-0.2, 0) is 4.74 Å². The van der Waals surface area contributed by atoms with E-state index in [4.69, 9.17) is 21.1 Å². The SMILES string of the molecule is CCOC(=O)c1cnn(-c2nc(OC)c3nn([C@@H](C)c4ccc(F)cc4Cl)cc3n2)c1. The lowest BCUT2D eigenvalue weighted by Gasteiger charge is -2.14. The number of halogens is 2. The average Bonchev–Trinajstić information content (AvgIpc) is 3.40. The zero-order chi connectivity index (χ0) is 22.1. The van der Waals surface area contributed by atoms with Gasteiger partial charge in [0, 0.05) is 11.2 Å². The number of hydrogen-bond donors (Lipinski definition) is 0. The minimum atomic E-state index is -0.486. The quantitative estimate of drug-likeness (QED) is 0.419. The summed E-state index contributed by atoms with van der Waals surface area (Å²) in [5, 5.41) is 8.96. The average molecular weight is 445 g/mol. The van der Waals surface area contributed by atoms with Crippen LogP contribution in [0.4, 0.5) is 4.39 Å². The van der Waals surface area contributed by atoms with Gasteiger partial charge in [0.15, 0.2) is 5.52 Å². The van der Waals surface area contributed by atoms with Crippen LogP contribution in [-0.4, -0.2) is 49.2 Å². The van der Waals surface area contributed by atoms with E-state index in [2.05, 4.69) is 20.2 Å². The number of esters is 1. The Balaban J connectivity index is 1.74. The number of aromatic nitrogens is 6. The van der Waals surface area contributed by atoms with E-state index in [1.54, 1.807) is 23.9 Å². The Morgan fingerprint density at radius 3 is 2.81 bits per heavy atom. The molecule has 0 saturated carbocycles. The number of benzene rings is 1. The van der Waals surface area contributed by atoms with Crippen molar-refractivity contribution in [1.29, 1.82) is 0 Å². The molecule has 9 nitrogen and oxygen atoms in total. The number of methoxy groups -OCH3 is 1. The van der Waals surface area contributed by atoms with Crippen molar-refractivity contribution in [3.8, 4) is 11.8 Å². The van der Waals surface area contributed by atoms with Crippen LogP contribution in [0.25, 0.3) is 17.0 Å². The Morgan fingerprint density at radius 1 is 1.29 bits per heavy atom. The number of fused-ring (bicyclic) bond motifs is 1. The molecular weight excluding hydrogens is 427 g/mol. The number of rotatable bonds is 6. The first-order valence-electron chi connectivity index (χ1n) is 9.39. The van der Waals surface area contributed by atoms with Gasteiger partial charge in [0.2, 0.25) is 5.88 Å². The van der Waals surface area contributed by atoms with Gasteiger partial charge in [0.05, 0.1) is 37.7 Å². The lowest BCUT2D eigenvalue weighted by Crippen LogP contribution is -2.08. The monoisotopic (exact) mass is 444 g/mol. The Labute approximate surface area is 181 Å². The highest BCUT2D eigenvalue weighted by Crippen LogP contribution is 2.29. The Bertz CT molecular complexity index is 1270. The summed E-state index contributed by atoms with van der Waals surface area (Å²) in [7, 11) is 1.47. The molecule has 0 spiro atoms. The highest BCUT2D eigenvalue weighted by molar-refractivity contribution is 6.31. The van der Waals surface area contributed by atoms with Crippen molar-refractivity contribution in [1.82, 2.24) is 29.5 Å². The molecule has 4 rings (SSSR count). The molecule has 31 heavy (non-hydrogen) atoms. The van der Waals surface area contributed by atoms with Crippen LogP contribution in [0.5, 0.6) is 5.88 Å². The van der Waals surface area contributed by atoms with Crippen LogP contribution in [0.2, 0.25) is 5.02 Å². The van der Waals surface area contributed by atoms with Crippen molar-refractivity contribution in [2.75, 3.05) is 13.7 Å². The fraction of sp³-hybridized carbons (Fsp3) is 0.250. The van der Waals surface area contributed by atoms with E-state index >= 15 is 0 Å². The molecule has 0 radical (unpaired) electrons. The molecule has 4 aromatic rings. The molecule has 0 unspecified atom stereocenters. The summed E-state index contributed by atoms with van der Waals surface area (Å²) in [4.78, 5) is 20.7. The summed E-state index contributed by atoms with van der Waals surface area (Å²) in [5.74, 6) is -0.457. The van der Waals surface area contributed by atoms with E-state index in [0.29, 0.717) is 21.6 Å². The van der Waals surface area contributed by atoms with E-state index in [1.807, 2.05) is 6.92 Å². The van der Waals surface area contributed by atoms with Gasteiger partial charge in [-0.3, -0.25) is 4.68 Å². The lowest BCUT2D eigenvalue weighted by atomic mass is 10.1. The highest BCUT2D eigenvalue weighted by atomic mass is 35.5. The fourth-order valence-corrected chi connectivity index (χ4v) is 3.40. The molecule has 0 saturated heterocycles. The summed E-state index contributed by atoms with van der Waals surface area (Å²) < 4.78 is 26.8. The van der Waals surface area contributed by atoms with Crippen LogP contribution in [0.1, 0.15) is 35.8 Å². The van der Waals surface area contributed by atoms with Crippen molar-refractivity contribution in [3.63, 3.8) is 0 Å². The summed E-state index contributed by atoms with van der Waals surface area (Å²) in [6.07, 6.45) is 4.56. The third-order valence-electron chi connectivity index (χ3n) is 4.64. The zero-order valence-corrected chi connectivity index (χ0v) is 17.7. The highest BCUT2D eigenvalue weighted by Gasteiger charge is 2.19. The first-order chi connectivity index (χ1) is 14.9. The molecule has 0 aliphatic carbocycles. The molecule has 1 aromatic carbocycles. The molecule has 160 valence electrons. The largest absolute Gasteiger partial charge is 0.479 e. The fourth-order valence-electron chi connectivity index (χ4n) is 3.07. The first kappa shape index (κ1) is 20.7. The first-order valence-corrected chi connectivity index (χ1v) is 9.77. The molecule has 0 bridgehead atoms. The van der Waals surface area contributed by atoms with Crippen LogP contribution >= 0.6 is 11.6 Å². The van der Waals surface area contributed by atoms with E-state index in [9.17, 15) is 9.18 Å². The molecule has 11 heteroatoms. The molecular formula is C20H18ClFN6O3. The van der Waals surface area contributed by atoms with Crippen LogP contribution in [0, 0.1) is 5.82 Å². The van der Waals surface area contributed by atoms with E-state index in [1.165, 1.54) is 36.3 Å². The topological polar surface area (TPSA) is 97.0 Å². The van der Waals surface area contributed by atoms with Gasteiger partial charge < -0.3 is 9.47 Å². The van der Waals surface area contributed by atoms with Gasteiger partial charge >= 0.3 is 5.97 Å². The maximum absolute atomic E-state index is 13.4. The molecule has 3 aromatic heterocycles. The van der Waals surface area contributed by atoms with E-state index in [0.717, 1.165) is 0 Å². The molecule has 0 aliphatic rings. The normalized spacial score (nSPS) is 12.2. The van der Waals surface area contributed by atoms with E-state index in [-0.39, 0.29) is 30.0 Å². The number of carbonyl (C=O) groups is 1. The zero-order valence-electron chi connectivity index (χ0n) is 16.9. The summed E-state index contributed by atoms with van der Waals surface area (Å²) >= 11 is 6.20. The molecule has 3 heterocycles. The standard InChI is InChI=1S/C20H18ClFN6O3/c1-4-31-19(29)12-8-23-28(9-12)20-24-16-10-27(26-17(16)18(25-20)30-3)11(2)14-6-5-13(22)7-15(14)21/h5-11H,4H2,1-3H3/t11-/m0/s1. The van der Waals surface area contributed by atoms with Crippen molar-refractivity contribution >= 4 is 28.6 Å². The van der Waals surface area contributed by atoms with Crippen LogP contribution in [0.15, 0.2) is 36.8 Å². The maximum atomic E-state index is 13.4. The second-order valence-corrected chi connectivity index (χ2v) is 7.02. The van der Waals surface area contributed by atoms with Crippen molar-refractivity contribution in [2.45, 2.75) is 19.9 Å². The Hall–Kier alpha value is -3.53. The minimum Gasteiger partial charge on any atom is -0.479 e. The van der Waals surface area contributed by atoms with Gasteiger partial charge in [-0.2, -0.15) is 15.2 Å². The number of hydrogen-bond acceptors (Lipinski definition) is 7. The van der Waals surface area contributed by atoms with Gasteiger partial charge in [-0.25, -0.2) is 18.9 Å². The summed E-state index contributed by atoms with van der Waals surface area (Å²) in [5.41, 5.74) is 1.92.